The van der Waals surface area contributed by atoms with Crippen LogP contribution in [0.3, 0.4) is 0 Å². The second-order valence-corrected chi connectivity index (χ2v) is 13.0. The standard InChI is InChI=1S/C31H33ClF2N8O2/c32-24-11-20(43)10-22-21(24)5-1-6-25-36-17-42(39-25)19-4-2-8-40(15-19)29-23-13-35-27(22)26(34)28(23)37-30(38-29)44-16-31-7-3-9-41(31)14-18(33)12-31/h10-11,13,17-19,43H,1-9,12,14-16H2. The summed E-state index contributed by atoms with van der Waals surface area (Å²) in [6.45, 7) is 2.79. The molecule has 3 aromatic heterocycles. The molecule has 1 N–H and O–H groups in total. The number of phenolic OH excluding ortho intramolecular Hbond substituents is 1. The summed E-state index contributed by atoms with van der Waals surface area (Å²) in [5.74, 6) is 0.548. The molecule has 230 valence electrons. The Morgan fingerprint density at radius 1 is 1.09 bits per heavy atom. The van der Waals surface area contributed by atoms with E-state index in [-0.39, 0.29) is 35.6 Å². The molecule has 3 atom stereocenters. The molecule has 0 amide bonds. The van der Waals surface area contributed by atoms with Gasteiger partial charge in [0.2, 0.25) is 0 Å². The van der Waals surface area contributed by atoms with Crippen LogP contribution in [0.4, 0.5) is 14.6 Å². The maximum atomic E-state index is 16.7. The van der Waals surface area contributed by atoms with Crippen LogP contribution >= 0.6 is 11.6 Å². The maximum Gasteiger partial charge on any atom is 0.319 e. The summed E-state index contributed by atoms with van der Waals surface area (Å²) < 4.78 is 39.3. The van der Waals surface area contributed by atoms with Crippen LogP contribution in [0, 0.1) is 5.82 Å². The number of hydrogen-bond acceptors (Lipinski definition) is 9. The van der Waals surface area contributed by atoms with Crippen molar-refractivity contribution in [3.63, 3.8) is 0 Å². The SMILES string of the molecule is Oc1cc(Cl)c2c(c1)-c1ncc3c(nc(OCC45CCCN4CC(F)C5)nc3c1F)N1CCCC(C1)n1cnc(n1)CCC2. The van der Waals surface area contributed by atoms with E-state index in [2.05, 4.69) is 24.8 Å². The predicted molar refractivity (Wildman–Crippen MR) is 160 cm³/mol. The second-order valence-electron chi connectivity index (χ2n) is 12.6. The summed E-state index contributed by atoms with van der Waals surface area (Å²) in [5.41, 5.74) is 0.801. The Kier molecular flexibility index (Phi) is 6.82. The topological polar surface area (TPSA) is 105 Å². The fraction of sp³-hybridized carbons (Fsp3) is 0.516. The van der Waals surface area contributed by atoms with Crippen LogP contribution in [0.15, 0.2) is 24.7 Å². The van der Waals surface area contributed by atoms with Gasteiger partial charge in [-0.05, 0) is 62.8 Å². The smallest absolute Gasteiger partial charge is 0.319 e. The van der Waals surface area contributed by atoms with Crippen LogP contribution in [-0.2, 0) is 12.8 Å². The molecular formula is C31H33ClF2N8O2. The van der Waals surface area contributed by atoms with E-state index in [1.54, 1.807) is 12.5 Å². The Hall–Kier alpha value is -3.64. The van der Waals surface area contributed by atoms with Gasteiger partial charge in [-0.15, -0.1) is 0 Å². The highest BCUT2D eigenvalue weighted by Gasteiger charge is 2.49. The molecule has 1 aromatic carbocycles. The lowest BCUT2D eigenvalue weighted by atomic mass is 9.95. The molecule has 0 saturated carbocycles. The van der Waals surface area contributed by atoms with Gasteiger partial charge in [0.25, 0.3) is 0 Å². The Morgan fingerprint density at radius 2 is 2.00 bits per heavy atom. The fourth-order valence-electron chi connectivity index (χ4n) is 7.64. The third-order valence-corrected chi connectivity index (χ3v) is 10.1. The predicted octanol–water partition coefficient (Wildman–Crippen LogP) is 5.07. The molecule has 10 nitrogen and oxygen atoms in total. The Labute approximate surface area is 258 Å². The third-order valence-electron chi connectivity index (χ3n) is 9.76. The molecule has 3 fully saturated rings. The highest BCUT2D eigenvalue weighted by Crippen LogP contribution is 2.42. The molecule has 3 unspecified atom stereocenters. The second kappa shape index (κ2) is 10.8. The van der Waals surface area contributed by atoms with Gasteiger partial charge in [-0.3, -0.25) is 9.88 Å². The van der Waals surface area contributed by atoms with Gasteiger partial charge in [-0.1, -0.05) is 11.6 Å². The van der Waals surface area contributed by atoms with Crippen molar-refractivity contribution in [1.29, 1.82) is 0 Å². The zero-order valence-electron chi connectivity index (χ0n) is 24.2. The van der Waals surface area contributed by atoms with Gasteiger partial charge in [0.15, 0.2) is 11.6 Å². The number of halogens is 3. The number of rotatable bonds is 3. The van der Waals surface area contributed by atoms with Crippen molar-refractivity contribution in [1.82, 2.24) is 34.6 Å². The first kappa shape index (κ1) is 27.9. The molecule has 9 rings (SSSR count). The number of aromatic hydroxyl groups is 1. The molecule has 3 saturated heterocycles. The molecule has 13 heteroatoms. The quantitative estimate of drug-likeness (QED) is 0.335. The summed E-state index contributed by atoms with van der Waals surface area (Å²) >= 11 is 6.62. The Balaban J connectivity index is 1.28. The van der Waals surface area contributed by atoms with Crippen LogP contribution < -0.4 is 9.64 Å². The molecule has 0 spiro atoms. The highest BCUT2D eigenvalue weighted by molar-refractivity contribution is 6.32. The van der Waals surface area contributed by atoms with Crippen LogP contribution in [0.5, 0.6) is 11.8 Å². The lowest BCUT2D eigenvalue weighted by molar-refractivity contribution is 0.107. The van der Waals surface area contributed by atoms with Gasteiger partial charge in [0, 0.05) is 49.3 Å². The molecule has 44 heavy (non-hydrogen) atoms. The minimum Gasteiger partial charge on any atom is -0.508 e. The van der Waals surface area contributed by atoms with Crippen molar-refractivity contribution >= 4 is 28.3 Å². The molecule has 4 aromatic rings. The van der Waals surface area contributed by atoms with Gasteiger partial charge in [-0.2, -0.15) is 15.1 Å². The number of fused-ring (bicyclic) bond motifs is 4. The molecular weight excluding hydrogens is 590 g/mol. The van der Waals surface area contributed by atoms with Crippen LogP contribution in [0.25, 0.3) is 22.2 Å². The average Bonchev–Trinajstić information content (AvgIpc) is 3.71. The molecule has 5 aliphatic rings. The number of anilines is 1. The van der Waals surface area contributed by atoms with Gasteiger partial charge >= 0.3 is 6.01 Å². The largest absolute Gasteiger partial charge is 0.508 e. The first-order valence-corrected chi connectivity index (χ1v) is 15.8. The van der Waals surface area contributed by atoms with E-state index in [0.29, 0.717) is 72.7 Å². The van der Waals surface area contributed by atoms with E-state index < -0.39 is 17.5 Å². The molecule has 0 radical (unpaired) electrons. The molecule has 8 bridgehead atoms. The Morgan fingerprint density at radius 3 is 2.91 bits per heavy atom. The molecule has 5 aliphatic heterocycles. The number of aromatic nitrogens is 6. The van der Waals surface area contributed by atoms with E-state index >= 15 is 4.39 Å². The summed E-state index contributed by atoms with van der Waals surface area (Å²) in [6.07, 6.45) is 8.34. The van der Waals surface area contributed by atoms with Crippen molar-refractivity contribution in [2.75, 3.05) is 37.7 Å². The van der Waals surface area contributed by atoms with Crippen LogP contribution in [0.1, 0.15) is 56.0 Å². The van der Waals surface area contributed by atoms with Crippen LogP contribution in [0.2, 0.25) is 5.02 Å². The number of aryl methyl sites for hydroxylation is 1. The van der Waals surface area contributed by atoms with Crippen LogP contribution in [-0.4, -0.2) is 84.2 Å². The minimum absolute atomic E-state index is 0.0449. The lowest BCUT2D eigenvalue weighted by Crippen LogP contribution is -2.43. The average molecular weight is 623 g/mol. The maximum absolute atomic E-state index is 16.7. The van der Waals surface area contributed by atoms with E-state index in [9.17, 15) is 9.50 Å². The zero-order chi connectivity index (χ0) is 30.0. The fourth-order valence-corrected chi connectivity index (χ4v) is 7.95. The number of pyridine rings is 1. The van der Waals surface area contributed by atoms with Crippen molar-refractivity contribution in [3.05, 3.63) is 46.9 Å². The van der Waals surface area contributed by atoms with Crippen molar-refractivity contribution in [2.45, 2.75) is 69.1 Å². The first-order valence-electron chi connectivity index (χ1n) is 15.4. The van der Waals surface area contributed by atoms with E-state index in [0.717, 1.165) is 38.1 Å². The van der Waals surface area contributed by atoms with Gasteiger partial charge < -0.3 is 14.7 Å². The summed E-state index contributed by atoms with van der Waals surface area (Å²) in [7, 11) is 0. The van der Waals surface area contributed by atoms with E-state index in [1.165, 1.54) is 12.1 Å². The number of piperidine rings is 1. The van der Waals surface area contributed by atoms with E-state index in [1.807, 2.05) is 4.68 Å². The van der Waals surface area contributed by atoms with Crippen molar-refractivity contribution in [2.24, 2.45) is 0 Å². The summed E-state index contributed by atoms with van der Waals surface area (Å²) in [5, 5.41) is 16.0. The number of hydrogen-bond donors (Lipinski definition) is 1. The number of benzene rings is 1. The van der Waals surface area contributed by atoms with Crippen molar-refractivity contribution in [3.8, 4) is 23.0 Å². The van der Waals surface area contributed by atoms with Gasteiger partial charge in [0.05, 0.1) is 17.0 Å². The van der Waals surface area contributed by atoms with E-state index in [4.69, 9.17) is 26.4 Å². The number of nitrogens with zero attached hydrogens (tertiary/aromatic N) is 8. The van der Waals surface area contributed by atoms with Crippen molar-refractivity contribution < 1.29 is 18.6 Å². The van der Waals surface area contributed by atoms with Gasteiger partial charge in [0.1, 0.15) is 41.9 Å². The molecule has 8 heterocycles. The monoisotopic (exact) mass is 622 g/mol. The normalized spacial score (nSPS) is 25.1. The summed E-state index contributed by atoms with van der Waals surface area (Å²) in [6, 6.07) is 3.06. The number of ether oxygens (including phenoxy) is 1. The highest BCUT2D eigenvalue weighted by atomic mass is 35.5. The third kappa shape index (κ3) is 4.73. The van der Waals surface area contributed by atoms with Gasteiger partial charge in [-0.25, -0.2) is 18.4 Å². The molecule has 0 aliphatic carbocycles. The Bertz CT molecular complexity index is 1750. The summed E-state index contributed by atoms with van der Waals surface area (Å²) in [4.78, 5) is 22.8. The lowest BCUT2D eigenvalue weighted by Gasteiger charge is -2.34. The first-order chi connectivity index (χ1) is 21.4. The number of alkyl halides is 1. The number of phenols is 1. The zero-order valence-corrected chi connectivity index (χ0v) is 25.0. The minimum atomic E-state index is -0.893.